The number of halogens is 1. The number of nitrogens with zero attached hydrogens (tertiary/aromatic N) is 1. The lowest BCUT2D eigenvalue weighted by molar-refractivity contribution is 0.416. The lowest BCUT2D eigenvalue weighted by Crippen LogP contribution is -2.13. The molecule has 1 heterocycles. The van der Waals surface area contributed by atoms with E-state index in [4.69, 9.17) is 16.3 Å². The molecule has 0 unspecified atom stereocenters. The van der Waals surface area contributed by atoms with E-state index in [1.54, 1.807) is 25.1 Å². The highest BCUT2D eigenvalue weighted by Gasteiger charge is 2.22. The summed E-state index contributed by atoms with van der Waals surface area (Å²) in [7, 11) is -2.24. The highest BCUT2D eigenvalue weighted by molar-refractivity contribution is 7.94. The predicted octanol–water partition coefficient (Wildman–Crippen LogP) is 3.22. The van der Waals surface area contributed by atoms with Gasteiger partial charge in [-0.1, -0.05) is 29.0 Å². The van der Waals surface area contributed by atoms with Gasteiger partial charge in [-0.3, -0.25) is 4.72 Å². The van der Waals surface area contributed by atoms with Crippen molar-refractivity contribution in [2.24, 2.45) is 0 Å². The third kappa shape index (κ3) is 3.05. The number of aromatic nitrogens is 1. The number of ether oxygens (including phenoxy) is 1. The van der Waals surface area contributed by atoms with Gasteiger partial charge in [-0.25, -0.2) is 13.4 Å². The van der Waals surface area contributed by atoms with Crippen LogP contribution in [0.25, 0.3) is 0 Å². The SMILES string of the molecule is COc1cc(C)ccc1NS(=O)(=O)c1sc(Cl)nc1C. The molecule has 20 heavy (non-hydrogen) atoms. The summed E-state index contributed by atoms with van der Waals surface area (Å²) in [6.45, 7) is 3.50. The fourth-order valence-corrected chi connectivity index (χ4v) is 4.48. The van der Waals surface area contributed by atoms with Crippen molar-refractivity contribution < 1.29 is 13.2 Å². The number of anilines is 1. The van der Waals surface area contributed by atoms with Gasteiger partial charge in [-0.05, 0) is 31.5 Å². The van der Waals surface area contributed by atoms with Gasteiger partial charge in [0.1, 0.15) is 5.75 Å². The Bertz CT molecular complexity index is 741. The van der Waals surface area contributed by atoms with E-state index in [1.807, 2.05) is 6.92 Å². The van der Waals surface area contributed by atoms with Crippen LogP contribution < -0.4 is 9.46 Å². The molecule has 108 valence electrons. The van der Waals surface area contributed by atoms with Crippen LogP contribution in [0.1, 0.15) is 11.3 Å². The summed E-state index contributed by atoms with van der Waals surface area (Å²) < 4.78 is 32.6. The van der Waals surface area contributed by atoms with Crippen LogP contribution in [0.2, 0.25) is 4.47 Å². The average molecular weight is 333 g/mol. The number of sulfonamides is 1. The predicted molar refractivity (Wildman–Crippen MR) is 80.4 cm³/mol. The Morgan fingerprint density at radius 3 is 2.60 bits per heavy atom. The van der Waals surface area contributed by atoms with E-state index in [9.17, 15) is 8.42 Å². The fraction of sp³-hybridized carbons (Fsp3) is 0.250. The second-order valence-corrected chi connectivity index (χ2v) is 7.61. The molecule has 0 spiro atoms. The second kappa shape index (κ2) is 5.59. The van der Waals surface area contributed by atoms with Crippen LogP contribution in [-0.4, -0.2) is 20.5 Å². The van der Waals surface area contributed by atoms with Crippen LogP contribution in [0.15, 0.2) is 22.4 Å². The van der Waals surface area contributed by atoms with Crippen molar-refractivity contribution in [3.63, 3.8) is 0 Å². The zero-order valence-electron chi connectivity index (χ0n) is 11.1. The standard InChI is InChI=1S/C12H13ClN2O3S2/c1-7-4-5-9(10(6-7)18-3)15-20(16,17)11-8(2)14-12(13)19-11/h4-6,15H,1-3H3. The minimum Gasteiger partial charge on any atom is -0.495 e. The van der Waals surface area contributed by atoms with Gasteiger partial charge >= 0.3 is 0 Å². The second-order valence-electron chi connectivity index (χ2n) is 4.15. The normalized spacial score (nSPS) is 11.4. The smallest absolute Gasteiger partial charge is 0.273 e. The molecule has 1 aromatic carbocycles. The van der Waals surface area contributed by atoms with Crippen LogP contribution in [-0.2, 0) is 10.0 Å². The molecule has 0 fully saturated rings. The average Bonchev–Trinajstić information content (AvgIpc) is 2.71. The molecule has 1 N–H and O–H groups in total. The topological polar surface area (TPSA) is 68.3 Å². The Morgan fingerprint density at radius 2 is 2.05 bits per heavy atom. The lowest BCUT2D eigenvalue weighted by atomic mass is 10.2. The van der Waals surface area contributed by atoms with E-state index >= 15 is 0 Å². The van der Waals surface area contributed by atoms with E-state index in [-0.39, 0.29) is 8.68 Å². The number of hydrogen-bond donors (Lipinski definition) is 1. The molecule has 0 saturated carbocycles. The molecular weight excluding hydrogens is 320 g/mol. The van der Waals surface area contributed by atoms with Crippen molar-refractivity contribution in [2.45, 2.75) is 18.1 Å². The lowest BCUT2D eigenvalue weighted by Gasteiger charge is -2.11. The maximum absolute atomic E-state index is 12.3. The van der Waals surface area contributed by atoms with E-state index in [0.29, 0.717) is 17.1 Å². The third-order valence-corrected chi connectivity index (χ3v) is 5.81. The molecule has 0 bridgehead atoms. The van der Waals surface area contributed by atoms with Crippen molar-refractivity contribution in [3.05, 3.63) is 33.9 Å². The quantitative estimate of drug-likeness (QED) is 0.933. The van der Waals surface area contributed by atoms with E-state index < -0.39 is 10.0 Å². The van der Waals surface area contributed by atoms with Gasteiger partial charge < -0.3 is 4.74 Å². The maximum Gasteiger partial charge on any atom is 0.273 e. The van der Waals surface area contributed by atoms with Gasteiger partial charge in [-0.15, -0.1) is 0 Å². The number of aryl methyl sites for hydroxylation is 2. The fourth-order valence-electron chi connectivity index (χ4n) is 1.67. The molecule has 0 aliphatic rings. The number of rotatable bonds is 4. The number of methoxy groups -OCH3 is 1. The van der Waals surface area contributed by atoms with Crippen molar-refractivity contribution in [3.8, 4) is 5.75 Å². The molecule has 0 aliphatic heterocycles. The van der Waals surface area contributed by atoms with Crippen molar-refractivity contribution in [2.75, 3.05) is 11.8 Å². The van der Waals surface area contributed by atoms with E-state index in [2.05, 4.69) is 9.71 Å². The van der Waals surface area contributed by atoms with Crippen molar-refractivity contribution in [1.82, 2.24) is 4.98 Å². The minimum atomic E-state index is -3.73. The molecule has 0 radical (unpaired) electrons. The number of thiazole rings is 1. The van der Waals surface area contributed by atoms with Gasteiger partial charge in [0, 0.05) is 0 Å². The summed E-state index contributed by atoms with van der Waals surface area (Å²) in [5.41, 5.74) is 1.72. The Hall–Kier alpha value is -1.31. The number of nitrogens with one attached hydrogen (secondary N) is 1. The first kappa shape index (κ1) is 15.1. The van der Waals surface area contributed by atoms with Crippen LogP contribution in [0.5, 0.6) is 5.75 Å². The van der Waals surface area contributed by atoms with Crippen LogP contribution in [0.3, 0.4) is 0 Å². The largest absolute Gasteiger partial charge is 0.495 e. The zero-order valence-corrected chi connectivity index (χ0v) is 13.5. The molecule has 0 saturated heterocycles. The Labute approximate surface area is 126 Å². The molecule has 2 rings (SSSR count). The van der Waals surface area contributed by atoms with Gasteiger partial charge in [0.15, 0.2) is 8.68 Å². The van der Waals surface area contributed by atoms with Crippen LogP contribution >= 0.6 is 22.9 Å². The molecule has 8 heteroatoms. The third-order valence-electron chi connectivity index (χ3n) is 2.57. The van der Waals surface area contributed by atoms with Gasteiger partial charge in [-0.2, -0.15) is 0 Å². The molecule has 0 amide bonds. The Balaban J connectivity index is 2.41. The molecule has 0 aliphatic carbocycles. The first-order valence-electron chi connectivity index (χ1n) is 5.64. The van der Waals surface area contributed by atoms with Crippen LogP contribution in [0.4, 0.5) is 5.69 Å². The monoisotopic (exact) mass is 332 g/mol. The molecular formula is C12H13ClN2O3S2. The summed E-state index contributed by atoms with van der Waals surface area (Å²) in [6.07, 6.45) is 0. The van der Waals surface area contributed by atoms with Crippen molar-refractivity contribution >= 4 is 38.6 Å². The van der Waals surface area contributed by atoms with Gasteiger partial charge in [0.2, 0.25) is 0 Å². The molecule has 5 nitrogen and oxygen atoms in total. The summed E-state index contributed by atoms with van der Waals surface area (Å²) in [5.74, 6) is 0.460. The summed E-state index contributed by atoms with van der Waals surface area (Å²) in [4.78, 5) is 3.91. The highest BCUT2D eigenvalue weighted by Crippen LogP contribution is 2.31. The molecule has 1 aromatic heterocycles. The van der Waals surface area contributed by atoms with Gasteiger partial charge in [0.05, 0.1) is 18.5 Å². The Morgan fingerprint density at radius 1 is 1.35 bits per heavy atom. The van der Waals surface area contributed by atoms with Crippen LogP contribution in [0, 0.1) is 13.8 Å². The van der Waals surface area contributed by atoms with Crippen molar-refractivity contribution in [1.29, 1.82) is 0 Å². The van der Waals surface area contributed by atoms with E-state index in [0.717, 1.165) is 16.9 Å². The molecule has 0 atom stereocenters. The maximum atomic E-state index is 12.3. The summed E-state index contributed by atoms with van der Waals surface area (Å²) in [5, 5.41) is 0. The summed E-state index contributed by atoms with van der Waals surface area (Å²) in [6, 6.07) is 5.21. The molecule has 2 aromatic rings. The number of benzene rings is 1. The first-order chi connectivity index (χ1) is 9.33. The minimum absolute atomic E-state index is 0.102. The van der Waals surface area contributed by atoms with Gasteiger partial charge in [0.25, 0.3) is 10.0 Å². The highest BCUT2D eigenvalue weighted by atomic mass is 35.5. The number of hydrogen-bond acceptors (Lipinski definition) is 5. The van der Waals surface area contributed by atoms with E-state index in [1.165, 1.54) is 7.11 Å². The Kier molecular flexibility index (Phi) is 4.22. The first-order valence-corrected chi connectivity index (χ1v) is 8.31. The zero-order chi connectivity index (χ0) is 14.9. The summed E-state index contributed by atoms with van der Waals surface area (Å²) >= 11 is 6.66.